The number of nitrogens with zero attached hydrogens (tertiary/aromatic N) is 1. The second-order valence-electron chi connectivity index (χ2n) is 3.80. The molecule has 0 aliphatic heterocycles. The van der Waals surface area contributed by atoms with E-state index in [4.69, 9.17) is 0 Å². The molecule has 0 aliphatic rings. The maximum Gasteiger partial charge on any atom is 0.331 e. The molecule has 16 heavy (non-hydrogen) atoms. The Labute approximate surface area is 102 Å². The van der Waals surface area contributed by atoms with Gasteiger partial charge in [-0.25, -0.2) is 9.10 Å². The first-order chi connectivity index (χ1) is 7.49. The third kappa shape index (κ3) is 2.50. The number of carbonyl (C=O) groups is 1. The summed E-state index contributed by atoms with van der Waals surface area (Å²) in [7, 11) is 0. The number of thiol groups is 1. The van der Waals surface area contributed by atoms with Crippen LogP contribution in [0.2, 0.25) is 0 Å². The molecule has 1 rings (SSSR count). The molecule has 0 unspecified atom stereocenters. The van der Waals surface area contributed by atoms with Crippen molar-refractivity contribution in [2.75, 3.05) is 10.8 Å². The van der Waals surface area contributed by atoms with Gasteiger partial charge in [-0.05, 0) is 50.5 Å². The van der Waals surface area contributed by atoms with Crippen LogP contribution in [0.1, 0.15) is 23.6 Å². The first-order valence-electron chi connectivity index (χ1n) is 5.32. The molecule has 1 aromatic rings. The molecule has 0 saturated carbocycles. The fraction of sp³-hybridized carbons (Fsp3) is 0.417. The van der Waals surface area contributed by atoms with Gasteiger partial charge in [-0.15, -0.1) is 0 Å². The van der Waals surface area contributed by atoms with E-state index in [2.05, 4.69) is 25.1 Å². The van der Waals surface area contributed by atoms with Gasteiger partial charge in [-0.3, -0.25) is 0 Å². The molecule has 0 heterocycles. The highest BCUT2D eigenvalue weighted by molar-refractivity contribution is 7.82. The molecule has 2 amide bonds. The van der Waals surface area contributed by atoms with Crippen LogP contribution in [-0.2, 0) is 0 Å². The molecule has 88 valence electrons. The van der Waals surface area contributed by atoms with Crippen molar-refractivity contribution < 1.29 is 4.79 Å². The highest BCUT2D eigenvalue weighted by Gasteiger charge is 2.14. The molecule has 0 fully saturated rings. The second-order valence-corrected chi connectivity index (χ2v) is 4.20. The van der Waals surface area contributed by atoms with Crippen molar-refractivity contribution in [2.24, 2.45) is 0 Å². The molecular weight excluding hydrogens is 220 g/mol. The van der Waals surface area contributed by atoms with Crippen LogP contribution in [0.3, 0.4) is 0 Å². The van der Waals surface area contributed by atoms with Crippen molar-refractivity contribution in [1.82, 2.24) is 5.32 Å². The summed E-state index contributed by atoms with van der Waals surface area (Å²) in [5, 5.41) is 2.72. The highest BCUT2D eigenvalue weighted by Crippen LogP contribution is 2.26. The third-order valence-electron chi connectivity index (χ3n) is 2.78. The Kier molecular flexibility index (Phi) is 4.24. The number of carbonyl (C=O) groups excluding carboxylic acids is 1. The van der Waals surface area contributed by atoms with Gasteiger partial charge in [-0.2, -0.15) is 0 Å². The lowest BCUT2D eigenvalue weighted by Crippen LogP contribution is -2.34. The van der Waals surface area contributed by atoms with Crippen molar-refractivity contribution in [3.05, 3.63) is 28.8 Å². The van der Waals surface area contributed by atoms with E-state index in [1.54, 1.807) is 0 Å². The summed E-state index contributed by atoms with van der Waals surface area (Å²) in [6, 6.07) is 3.72. The van der Waals surface area contributed by atoms with Crippen LogP contribution < -0.4 is 9.62 Å². The van der Waals surface area contributed by atoms with Gasteiger partial charge in [-0.1, -0.05) is 18.9 Å². The van der Waals surface area contributed by atoms with Crippen LogP contribution in [-0.4, -0.2) is 12.6 Å². The number of urea groups is 1. The van der Waals surface area contributed by atoms with Crippen molar-refractivity contribution in [2.45, 2.75) is 27.7 Å². The van der Waals surface area contributed by atoms with Crippen LogP contribution in [0.4, 0.5) is 10.5 Å². The predicted molar refractivity (Wildman–Crippen MR) is 71.2 cm³/mol. The zero-order valence-electron chi connectivity index (χ0n) is 10.2. The molecule has 1 aromatic carbocycles. The molecule has 4 heteroatoms. The van der Waals surface area contributed by atoms with Gasteiger partial charge in [0, 0.05) is 6.54 Å². The van der Waals surface area contributed by atoms with E-state index in [1.165, 1.54) is 15.4 Å². The summed E-state index contributed by atoms with van der Waals surface area (Å²) in [6.45, 7) is 8.58. The second kappa shape index (κ2) is 5.25. The Balaban J connectivity index is 3.05. The largest absolute Gasteiger partial charge is 0.337 e. The van der Waals surface area contributed by atoms with E-state index >= 15 is 0 Å². The highest BCUT2D eigenvalue weighted by atomic mass is 32.1. The van der Waals surface area contributed by atoms with Crippen LogP contribution in [0.15, 0.2) is 12.1 Å². The lowest BCUT2D eigenvalue weighted by Gasteiger charge is -2.20. The smallest absolute Gasteiger partial charge is 0.331 e. The van der Waals surface area contributed by atoms with Crippen molar-refractivity contribution >= 4 is 24.5 Å². The number of benzene rings is 1. The number of hydrogen-bond acceptors (Lipinski definition) is 2. The first kappa shape index (κ1) is 12.9. The zero-order chi connectivity index (χ0) is 12.3. The summed E-state index contributed by atoms with van der Waals surface area (Å²) in [5.74, 6) is 0. The normalized spacial score (nSPS) is 10.1. The topological polar surface area (TPSA) is 32.3 Å². The van der Waals surface area contributed by atoms with Gasteiger partial charge < -0.3 is 5.32 Å². The lowest BCUT2D eigenvalue weighted by molar-refractivity contribution is 0.250. The monoisotopic (exact) mass is 238 g/mol. The fourth-order valence-electron chi connectivity index (χ4n) is 1.51. The SMILES string of the molecule is CCNC(=O)N(S)c1ccc(C)c(C)c1C. The molecule has 0 aliphatic carbocycles. The Morgan fingerprint density at radius 2 is 1.94 bits per heavy atom. The molecule has 0 saturated heterocycles. The number of hydrogen-bond donors (Lipinski definition) is 2. The molecule has 3 nitrogen and oxygen atoms in total. The Bertz CT molecular complexity index is 404. The van der Waals surface area contributed by atoms with E-state index in [9.17, 15) is 4.79 Å². The molecule has 0 aromatic heterocycles. The van der Waals surface area contributed by atoms with E-state index in [0.29, 0.717) is 6.54 Å². The lowest BCUT2D eigenvalue weighted by atomic mass is 10.0. The maximum absolute atomic E-state index is 11.6. The first-order valence-corrected chi connectivity index (χ1v) is 5.72. The van der Waals surface area contributed by atoms with Crippen LogP contribution >= 0.6 is 12.8 Å². The van der Waals surface area contributed by atoms with E-state index in [0.717, 1.165) is 11.3 Å². The predicted octanol–water partition coefficient (Wildman–Crippen LogP) is 2.99. The van der Waals surface area contributed by atoms with Gasteiger partial charge in [0.15, 0.2) is 0 Å². The Hall–Kier alpha value is -1.16. The van der Waals surface area contributed by atoms with Crippen molar-refractivity contribution in [3.63, 3.8) is 0 Å². The van der Waals surface area contributed by atoms with E-state index in [1.807, 2.05) is 32.9 Å². The summed E-state index contributed by atoms with van der Waals surface area (Å²) in [4.78, 5) is 11.6. The van der Waals surface area contributed by atoms with Gasteiger partial charge in [0.05, 0.1) is 5.69 Å². The van der Waals surface area contributed by atoms with E-state index < -0.39 is 0 Å². The Morgan fingerprint density at radius 3 is 2.50 bits per heavy atom. The van der Waals surface area contributed by atoms with Crippen molar-refractivity contribution in [3.8, 4) is 0 Å². The molecule has 1 N–H and O–H groups in total. The number of anilines is 1. The Morgan fingerprint density at radius 1 is 1.31 bits per heavy atom. The minimum Gasteiger partial charge on any atom is -0.337 e. The molecule has 0 bridgehead atoms. The number of rotatable bonds is 2. The van der Waals surface area contributed by atoms with Crippen LogP contribution in [0, 0.1) is 20.8 Å². The van der Waals surface area contributed by atoms with Crippen LogP contribution in [0.25, 0.3) is 0 Å². The zero-order valence-corrected chi connectivity index (χ0v) is 11.1. The van der Waals surface area contributed by atoms with E-state index in [-0.39, 0.29) is 6.03 Å². The van der Waals surface area contributed by atoms with Gasteiger partial charge in [0.2, 0.25) is 0 Å². The standard InChI is InChI=1S/C12H18N2OS/c1-5-13-12(15)14(16)11-7-6-8(2)9(3)10(11)4/h6-7,16H,5H2,1-4H3,(H,13,15). The van der Waals surface area contributed by atoms with Crippen LogP contribution in [0.5, 0.6) is 0 Å². The number of aryl methyl sites for hydroxylation is 1. The summed E-state index contributed by atoms with van der Waals surface area (Å²) < 4.78 is 1.35. The summed E-state index contributed by atoms with van der Waals surface area (Å²) in [5.41, 5.74) is 4.33. The average Bonchev–Trinajstić information content (AvgIpc) is 2.26. The molecule has 0 atom stereocenters. The van der Waals surface area contributed by atoms with Gasteiger partial charge >= 0.3 is 6.03 Å². The molecule has 0 spiro atoms. The molecule has 0 radical (unpaired) electrons. The molecular formula is C12H18N2OS. The summed E-state index contributed by atoms with van der Waals surface area (Å²) >= 11 is 4.22. The number of amides is 2. The maximum atomic E-state index is 11.6. The quantitative estimate of drug-likeness (QED) is 0.763. The average molecular weight is 238 g/mol. The van der Waals surface area contributed by atoms with Gasteiger partial charge in [0.1, 0.15) is 0 Å². The fourth-order valence-corrected chi connectivity index (χ4v) is 1.79. The van der Waals surface area contributed by atoms with Crippen molar-refractivity contribution in [1.29, 1.82) is 0 Å². The summed E-state index contributed by atoms with van der Waals surface area (Å²) in [6.07, 6.45) is 0. The van der Waals surface area contributed by atoms with Gasteiger partial charge in [0.25, 0.3) is 0 Å². The number of nitrogens with one attached hydrogen (secondary N) is 1. The third-order valence-corrected chi connectivity index (χ3v) is 3.18. The minimum absolute atomic E-state index is 0.197. The minimum atomic E-state index is -0.197.